The normalized spacial score (nSPS) is 9.86. The summed E-state index contributed by atoms with van der Waals surface area (Å²) in [5.41, 5.74) is 1.10. The van der Waals surface area contributed by atoms with Crippen molar-refractivity contribution in [2.75, 3.05) is 6.61 Å². The molecule has 1 rings (SSSR count). The molecule has 1 aromatic rings. The summed E-state index contributed by atoms with van der Waals surface area (Å²) in [6.07, 6.45) is 0.888. The van der Waals surface area contributed by atoms with Gasteiger partial charge in [-0.1, -0.05) is 24.6 Å². The highest BCUT2D eigenvalue weighted by Gasteiger charge is 2.04. The Morgan fingerprint density at radius 2 is 2.29 bits per heavy atom. The summed E-state index contributed by atoms with van der Waals surface area (Å²) in [4.78, 5) is 10.2. The van der Waals surface area contributed by atoms with Crippen molar-refractivity contribution in [3.05, 3.63) is 28.8 Å². The second-order valence-corrected chi connectivity index (χ2v) is 3.21. The van der Waals surface area contributed by atoms with Gasteiger partial charge < -0.3 is 9.84 Å². The van der Waals surface area contributed by atoms with Gasteiger partial charge in [0.15, 0.2) is 6.61 Å². The van der Waals surface area contributed by atoms with Gasteiger partial charge in [-0.2, -0.15) is 0 Å². The Morgan fingerprint density at radius 3 is 2.79 bits per heavy atom. The van der Waals surface area contributed by atoms with Crippen LogP contribution in [0.5, 0.6) is 5.75 Å². The molecule has 0 aliphatic heterocycles. The van der Waals surface area contributed by atoms with Crippen molar-refractivity contribution >= 4 is 17.6 Å². The second-order valence-electron chi connectivity index (χ2n) is 2.80. The fourth-order valence-electron chi connectivity index (χ4n) is 1.02. The first-order chi connectivity index (χ1) is 6.63. The first-order valence-corrected chi connectivity index (χ1v) is 4.64. The number of hydrogen-bond donors (Lipinski definition) is 1. The van der Waals surface area contributed by atoms with E-state index in [2.05, 4.69) is 0 Å². The smallest absolute Gasteiger partial charge is 0.341 e. The maximum absolute atomic E-state index is 10.2. The summed E-state index contributed by atoms with van der Waals surface area (Å²) >= 11 is 5.87. The van der Waals surface area contributed by atoms with E-state index in [-0.39, 0.29) is 6.61 Å². The Bertz CT molecular complexity index is 336. The standard InChI is InChI=1S/C10H11ClO3/c1-2-7-3-4-9(8(11)5-7)14-6-10(12)13/h3-5H,2,6H2,1H3,(H,12,13). The SMILES string of the molecule is CCc1ccc(OCC(=O)O)c(Cl)c1. The van der Waals surface area contributed by atoms with E-state index < -0.39 is 5.97 Å². The number of rotatable bonds is 4. The van der Waals surface area contributed by atoms with Crippen LogP contribution in [0.4, 0.5) is 0 Å². The zero-order chi connectivity index (χ0) is 10.6. The minimum Gasteiger partial charge on any atom is -0.480 e. The van der Waals surface area contributed by atoms with Crippen LogP contribution in [0.25, 0.3) is 0 Å². The average Bonchev–Trinajstić information content (AvgIpc) is 2.15. The third kappa shape index (κ3) is 2.92. The van der Waals surface area contributed by atoms with Gasteiger partial charge in [0, 0.05) is 0 Å². The Labute approximate surface area is 87.3 Å². The molecule has 0 aliphatic rings. The summed E-state index contributed by atoms with van der Waals surface area (Å²) in [6.45, 7) is 1.65. The van der Waals surface area contributed by atoms with Crippen molar-refractivity contribution < 1.29 is 14.6 Å². The third-order valence-electron chi connectivity index (χ3n) is 1.76. The van der Waals surface area contributed by atoms with Crippen molar-refractivity contribution in [2.24, 2.45) is 0 Å². The van der Waals surface area contributed by atoms with Crippen LogP contribution in [-0.4, -0.2) is 17.7 Å². The molecular formula is C10H11ClO3. The topological polar surface area (TPSA) is 46.5 Å². The Balaban J connectivity index is 2.73. The van der Waals surface area contributed by atoms with Gasteiger partial charge in [0.1, 0.15) is 5.75 Å². The van der Waals surface area contributed by atoms with Crippen molar-refractivity contribution in [2.45, 2.75) is 13.3 Å². The van der Waals surface area contributed by atoms with E-state index in [4.69, 9.17) is 21.4 Å². The maximum Gasteiger partial charge on any atom is 0.341 e. The van der Waals surface area contributed by atoms with Crippen molar-refractivity contribution in [3.63, 3.8) is 0 Å². The monoisotopic (exact) mass is 214 g/mol. The molecular weight excluding hydrogens is 204 g/mol. The minimum atomic E-state index is -1.01. The summed E-state index contributed by atoms with van der Waals surface area (Å²) in [5.74, 6) is -0.605. The van der Waals surface area contributed by atoms with Crippen LogP contribution in [-0.2, 0) is 11.2 Å². The fraction of sp³-hybridized carbons (Fsp3) is 0.300. The number of carboxylic acid groups (broad SMARTS) is 1. The van der Waals surface area contributed by atoms with Crippen LogP contribution in [0.2, 0.25) is 5.02 Å². The first kappa shape index (κ1) is 10.9. The quantitative estimate of drug-likeness (QED) is 0.837. The molecule has 4 heteroatoms. The van der Waals surface area contributed by atoms with Gasteiger partial charge in [-0.15, -0.1) is 0 Å². The van der Waals surface area contributed by atoms with Crippen LogP contribution in [0, 0.1) is 0 Å². The van der Waals surface area contributed by atoms with Gasteiger partial charge in [-0.25, -0.2) is 4.79 Å². The van der Waals surface area contributed by atoms with Gasteiger partial charge in [-0.3, -0.25) is 0 Å². The number of benzene rings is 1. The van der Waals surface area contributed by atoms with E-state index in [9.17, 15) is 4.79 Å². The Morgan fingerprint density at radius 1 is 1.57 bits per heavy atom. The lowest BCUT2D eigenvalue weighted by atomic mass is 10.2. The molecule has 0 amide bonds. The molecule has 0 heterocycles. The lowest BCUT2D eigenvalue weighted by molar-refractivity contribution is -0.139. The predicted molar refractivity (Wildman–Crippen MR) is 54.0 cm³/mol. The van der Waals surface area contributed by atoms with E-state index in [0.29, 0.717) is 10.8 Å². The number of halogens is 1. The number of ether oxygens (including phenoxy) is 1. The molecule has 0 unspecified atom stereocenters. The molecule has 1 N–H and O–H groups in total. The minimum absolute atomic E-state index is 0.370. The van der Waals surface area contributed by atoms with E-state index in [1.165, 1.54) is 0 Å². The number of hydrogen-bond acceptors (Lipinski definition) is 2. The second kappa shape index (κ2) is 4.86. The van der Waals surface area contributed by atoms with Gasteiger partial charge in [0.25, 0.3) is 0 Å². The van der Waals surface area contributed by atoms with Crippen LogP contribution in [0.3, 0.4) is 0 Å². The highest BCUT2D eigenvalue weighted by atomic mass is 35.5. The molecule has 1 aromatic carbocycles. The fourth-order valence-corrected chi connectivity index (χ4v) is 1.28. The van der Waals surface area contributed by atoms with Crippen LogP contribution in [0.1, 0.15) is 12.5 Å². The van der Waals surface area contributed by atoms with Gasteiger partial charge in [-0.05, 0) is 24.1 Å². The highest BCUT2D eigenvalue weighted by molar-refractivity contribution is 6.32. The molecule has 0 atom stereocenters. The summed E-state index contributed by atoms with van der Waals surface area (Å²) in [5, 5.41) is 8.85. The molecule has 76 valence electrons. The lowest BCUT2D eigenvalue weighted by Crippen LogP contribution is -2.09. The molecule has 14 heavy (non-hydrogen) atoms. The van der Waals surface area contributed by atoms with Crippen LogP contribution in [0.15, 0.2) is 18.2 Å². The summed E-state index contributed by atoms with van der Waals surface area (Å²) in [7, 11) is 0. The number of aliphatic carboxylic acids is 1. The summed E-state index contributed by atoms with van der Waals surface area (Å²) in [6, 6.07) is 5.33. The Hall–Kier alpha value is -1.22. The predicted octanol–water partition coefficient (Wildman–Crippen LogP) is 2.37. The van der Waals surface area contributed by atoms with Gasteiger partial charge in [0.2, 0.25) is 0 Å². The lowest BCUT2D eigenvalue weighted by Gasteiger charge is -2.06. The zero-order valence-electron chi connectivity index (χ0n) is 7.79. The van der Waals surface area contributed by atoms with E-state index in [0.717, 1.165) is 12.0 Å². The van der Waals surface area contributed by atoms with Crippen molar-refractivity contribution in [3.8, 4) is 5.75 Å². The molecule has 0 spiro atoms. The molecule has 0 saturated heterocycles. The molecule has 0 bridgehead atoms. The van der Waals surface area contributed by atoms with E-state index >= 15 is 0 Å². The number of carboxylic acids is 1. The zero-order valence-corrected chi connectivity index (χ0v) is 8.54. The van der Waals surface area contributed by atoms with Crippen molar-refractivity contribution in [1.82, 2.24) is 0 Å². The molecule has 0 radical (unpaired) electrons. The van der Waals surface area contributed by atoms with Crippen LogP contribution >= 0.6 is 11.6 Å². The third-order valence-corrected chi connectivity index (χ3v) is 2.05. The number of aryl methyl sites for hydroxylation is 1. The number of carbonyl (C=O) groups is 1. The maximum atomic E-state index is 10.2. The van der Waals surface area contributed by atoms with E-state index in [1.54, 1.807) is 12.1 Å². The van der Waals surface area contributed by atoms with Gasteiger partial charge in [0.05, 0.1) is 5.02 Å². The molecule has 0 saturated carbocycles. The molecule has 3 nitrogen and oxygen atoms in total. The average molecular weight is 215 g/mol. The van der Waals surface area contributed by atoms with Crippen LogP contribution < -0.4 is 4.74 Å². The molecule has 0 aromatic heterocycles. The highest BCUT2D eigenvalue weighted by Crippen LogP contribution is 2.25. The van der Waals surface area contributed by atoms with Crippen molar-refractivity contribution in [1.29, 1.82) is 0 Å². The van der Waals surface area contributed by atoms with Gasteiger partial charge >= 0.3 is 5.97 Å². The van der Waals surface area contributed by atoms with E-state index in [1.807, 2.05) is 13.0 Å². The Kier molecular flexibility index (Phi) is 3.77. The first-order valence-electron chi connectivity index (χ1n) is 4.26. The molecule has 0 aliphatic carbocycles. The molecule has 0 fully saturated rings. The largest absolute Gasteiger partial charge is 0.480 e. The summed E-state index contributed by atoms with van der Waals surface area (Å²) < 4.78 is 4.97.